The van der Waals surface area contributed by atoms with Gasteiger partial charge in [-0.25, -0.2) is 0 Å². The summed E-state index contributed by atoms with van der Waals surface area (Å²) in [5, 5.41) is 8.46. The summed E-state index contributed by atoms with van der Waals surface area (Å²) in [4.78, 5) is 12.9. The summed E-state index contributed by atoms with van der Waals surface area (Å²) in [5.41, 5.74) is 0. The third-order valence-corrected chi connectivity index (χ3v) is 3.73. The van der Waals surface area contributed by atoms with E-state index in [4.69, 9.17) is 0 Å². The molecule has 0 aromatic carbocycles. The number of carbonyl (C=O) groups is 1. The Morgan fingerprint density at radius 1 is 1.44 bits per heavy atom. The quantitative estimate of drug-likeness (QED) is 0.761. The van der Waals surface area contributed by atoms with E-state index in [9.17, 15) is 4.79 Å². The molecule has 1 aromatic heterocycles. The van der Waals surface area contributed by atoms with Crippen molar-refractivity contribution in [2.24, 2.45) is 5.92 Å². The van der Waals surface area contributed by atoms with Gasteiger partial charge in [-0.05, 0) is 23.8 Å². The van der Waals surface area contributed by atoms with Crippen molar-refractivity contribution < 1.29 is 4.79 Å². The summed E-state index contributed by atoms with van der Waals surface area (Å²) in [7, 11) is 0. The van der Waals surface area contributed by atoms with Gasteiger partial charge in [-0.1, -0.05) is 26.8 Å². The van der Waals surface area contributed by atoms with Crippen LogP contribution in [0.5, 0.6) is 0 Å². The van der Waals surface area contributed by atoms with Crippen LogP contribution in [0.2, 0.25) is 0 Å². The Labute approximate surface area is 114 Å². The second-order valence-corrected chi connectivity index (χ2v) is 5.86. The molecule has 0 aliphatic heterocycles. The number of hydrogen-bond acceptors (Lipinski definition) is 3. The molecule has 0 aliphatic rings. The molecule has 3 nitrogen and oxygen atoms in total. The predicted molar refractivity (Wildman–Crippen MR) is 77.8 cm³/mol. The SMILES string of the molecule is CCC(NCCC(=O)NCC(C)C)c1cccs1. The normalized spacial score (nSPS) is 12.7. The van der Waals surface area contributed by atoms with Crippen LogP contribution in [0, 0.1) is 5.92 Å². The fraction of sp³-hybridized carbons (Fsp3) is 0.643. The average molecular weight is 268 g/mol. The van der Waals surface area contributed by atoms with Crippen LogP contribution in [0.4, 0.5) is 0 Å². The van der Waals surface area contributed by atoms with Crippen molar-refractivity contribution in [2.45, 2.75) is 39.7 Å². The molecule has 102 valence electrons. The highest BCUT2D eigenvalue weighted by Gasteiger charge is 2.10. The van der Waals surface area contributed by atoms with Crippen LogP contribution < -0.4 is 10.6 Å². The van der Waals surface area contributed by atoms with Crippen molar-refractivity contribution >= 4 is 17.2 Å². The molecular formula is C14H24N2OS. The van der Waals surface area contributed by atoms with Gasteiger partial charge in [0.05, 0.1) is 0 Å². The molecule has 0 bridgehead atoms. The zero-order chi connectivity index (χ0) is 13.4. The molecule has 18 heavy (non-hydrogen) atoms. The second kappa shape index (κ2) is 8.27. The lowest BCUT2D eigenvalue weighted by Gasteiger charge is -2.15. The van der Waals surface area contributed by atoms with E-state index >= 15 is 0 Å². The minimum Gasteiger partial charge on any atom is -0.356 e. The smallest absolute Gasteiger partial charge is 0.221 e. The minimum absolute atomic E-state index is 0.136. The van der Waals surface area contributed by atoms with E-state index in [-0.39, 0.29) is 5.91 Å². The van der Waals surface area contributed by atoms with E-state index in [0.29, 0.717) is 18.4 Å². The van der Waals surface area contributed by atoms with Gasteiger partial charge in [0.2, 0.25) is 5.91 Å². The average Bonchev–Trinajstić information content (AvgIpc) is 2.85. The summed E-state index contributed by atoms with van der Waals surface area (Å²) >= 11 is 1.77. The van der Waals surface area contributed by atoms with Crippen LogP contribution in [-0.2, 0) is 4.79 Å². The lowest BCUT2D eigenvalue weighted by molar-refractivity contribution is -0.121. The van der Waals surface area contributed by atoms with Gasteiger partial charge in [0.1, 0.15) is 0 Å². The summed E-state index contributed by atoms with van der Waals surface area (Å²) in [6.45, 7) is 7.86. The molecular weight excluding hydrogens is 244 g/mol. The van der Waals surface area contributed by atoms with E-state index in [0.717, 1.165) is 19.5 Å². The second-order valence-electron chi connectivity index (χ2n) is 4.88. The topological polar surface area (TPSA) is 41.1 Å². The number of carbonyl (C=O) groups excluding carboxylic acids is 1. The molecule has 0 saturated carbocycles. The van der Waals surface area contributed by atoms with Crippen molar-refractivity contribution in [3.05, 3.63) is 22.4 Å². The first-order valence-electron chi connectivity index (χ1n) is 6.67. The lowest BCUT2D eigenvalue weighted by atomic mass is 10.2. The van der Waals surface area contributed by atoms with Crippen LogP contribution in [0.1, 0.15) is 44.5 Å². The van der Waals surface area contributed by atoms with E-state index in [1.165, 1.54) is 4.88 Å². The van der Waals surface area contributed by atoms with E-state index in [1.54, 1.807) is 11.3 Å². The molecule has 1 unspecified atom stereocenters. The standard InChI is InChI=1S/C14H24N2OS/c1-4-12(13-6-5-9-18-13)15-8-7-14(17)16-10-11(2)3/h5-6,9,11-12,15H,4,7-8,10H2,1-3H3,(H,16,17). The first-order chi connectivity index (χ1) is 8.63. The molecule has 2 N–H and O–H groups in total. The highest BCUT2D eigenvalue weighted by atomic mass is 32.1. The van der Waals surface area contributed by atoms with E-state index in [1.807, 2.05) is 0 Å². The zero-order valence-electron chi connectivity index (χ0n) is 11.5. The van der Waals surface area contributed by atoms with Crippen LogP contribution in [0.15, 0.2) is 17.5 Å². The lowest BCUT2D eigenvalue weighted by Crippen LogP contribution is -2.31. The maximum Gasteiger partial charge on any atom is 0.221 e. The fourth-order valence-corrected chi connectivity index (χ4v) is 2.59. The van der Waals surface area contributed by atoms with Gasteiger partial charge in [-0.3, -0.25) is 4.79 Å². The van der Waals surface area contributed by atoms with Gasteiger partial charge < -0.3 is 10.6 Å². The summed E-state index contributed by atoms with van der Waals surface area (Å²) in [6.07, 6.45) is 1.60. The highest BCUT2D eigenvalue weighted by Crippen LogP contribution is 2.21. The Kier molecular flexibility index (Phi) is 6.98. The van der Waals surface area contributed by atoms with Crippen LogP contribution in [-0.4, -0.2) is 19.0 Å². The van der Waals surface area contributed by atoms with Crippen molar-refractivity contribution in [3.63, 3.8) is 0 Å². The van der Waals surface area contributed by atoms with Gasteiger partial charge >= 0.3 is 0 Å². The fourth-order valence-electron chi connectivity index (χ4n) is 1.70. The third kappa shape index (κ3) is 5.65. The van der Waals surface area contributed by atoms with Crippen LogP contribution in [0.25, 0.3) is 0 Å². The Balaban J connectivity index is 2.22. The molecule has 0 fully saturated rings. The number of nitrogens with one attached hydrogen (secondary N) is 2. The Bertz CT molecular complexity index is 336. The summed E-state index contributed by atoms with van der Waals surface area (Å²) in [6, 6.07) is 4.59. The summed E-state index contributed by atoms with van der Waals surface area (Å²) in [5.74, 6) is 0.647. The van der Waals surface area contributed by atoms with Gasteiger partial charge in [-0.15, -0.1) is 11.3 Å². The number of rotatable bonds is 8. The molecule has 0 aliphatic carbocycles. The highest BCUT2D eigenvalue weighted by molar-refractivity contribution is 7.10. The Morgan fingerprint density at radius 3 is 2.78 bits per heavy atom. The maximum absolute atomic E-state index is 11.6. The largest absolute Gasteiger partial charge is 0.356 e. The van der Waals surface area contributed by atoms with Crippen LogP contribution in [0.3, 0.4) is 0 Å². The van der Waals surface area contributed by atoms with Crippen molar-refractivity contribution in [1.29, 1.82) is 0 Å². The van der Waals surface area contributed by atoms with Crippen molar-refractivity contribution in [3.8, 4) is 0 Å². The maximum atomic E-state index is 11.6. The Hall–Kier alpha value is -0.870. The first kappa shape index (κ1) is 15.2. The first-order valence-corrected chi connectivity index (χ1v) is 7.55. The molecule has 1 heterocycles. The number of hydrogen-bond donors (Lipinski definition) is 2. The summed E-state index contributed by atoms with van der Waals surface area (Å²) < 4.78 is 0. The third-order valence-electron chi connectivity index (χ3n) is 2.75. The number of thiophene rings is 1. The molecule has 0 saturated heterocycles. The van der Waals surface area contributed by atoms with Gasteiger partial charge in [-0.2, -0.15) is 0 Å². The number of amides is 1. The molecule has 1 aromatic rings. The van der Waals surface area contributed by atoms with Crippen molar-refractivity contribution in [2.75, 3.05) is 13.1 Å². The Morgan fingerprint density at radius 2 is 2.22 bits per heavy atom. The van der Waals surface area contributed by atoms with Gasteiger partial charge in [0.25, 0.3) is 0 Å². The molecule has 1 amide bonds. The van der Waals surface area contributed by atoms with Gasteiger partial charge in [0.15, 0.2) is 0 Å². The van der Waals surface area contributed by atoms with Crippen LogP contribution >= 0.6 is 11.3 Å². The molecule has 1 atom stereocenters. The van der Waals surface area contributed by atoms with E-state index < -0.39 is 0 Å². The van der Waals surface area contributed by atoms with Gasteiger partial charge in [0, 0.05) is 30.4 Å². The molecule has 1 rings (SSSR count). The zero-order valence-corrected chi connectivity index (χ0v) is 12.3. The molecule has 0 radical (unpaired) electrons. The minimum atomic E-state index is 0.136. The molecule has 0 spiro atoms. The molecule has 4 heteroatoms. The predicted octanol–water partition coefficient (Wildman–Crippen LogP) is 2.95. The van der Waals surface area contributed by atoms with E-state index in [2.05, 4.69) is 48.9 Å². The van der Waals surface area contributed by atoms with Crippen molar-refractivity contribution in [1.82, 2.24) is 10.6 Å². The monoisotopic (exact) mass is 268 g/mol.